The van der Waals surface area contributed by atoms with E-state index in [1.165, 1.54) is 22.9 Å². The second kappa shape index (κ2) is 5.37. The Bertz CT molecular complexity index is 656. The summed E-state index contributed by atoms with van der Waals surface area (Å²) in [5.41, 5.74) is 6.10. The summed E-state index contributed by atoms with van der Waals surface area (Å²) in [6.07, 6.45) is -0.0900. The molecule has 2 aromatic rings. The Morgan fingerprint density at radius 3 is 2.62 bits per heavy atom. The Kier molecular flexibility index (Phi) is 3.69. The molecule has 0 aliphatic heterocycles. The van der Waals surface area contributed by atoms with Gasteiger partial charge in [0.25, 0.3) is 0 Å². The van der Waals surface area contributed by atoms with Crippen LogP contribution in [0.25, 0.3) is 10.9 Å². The minimum atomic E-state index is -4.14. The number of hydrogen-bond acceptors (Lipinski definition) is 1. The van der Waals surface area contributed by atoms with E-state index in [0.29, 0.717) is 13.0 Å². The van der Waals surface area contributed by atoms with Crippen molar-refractivity contribution in [2.45, 2.75) is 38.8 Å². The van der Waals surface area contributed by atoms with Crippen LogP contribution >= 0.6 is 0 Å². The number of aromatic amines is 1. The standard InChI is InChI=1S/C16H19F3N2/c1-10-13(5-6-20-9-16(17,18)19)14-7-11-3-2-4-12(11)8-15(14)21-10/h7-8,20-21H,2-6,9H2,1H3. The van der Waals surface area contributed by atoms with Gasteiger partial charge in [0.2, 0.25) is 0 Å². The lowest BCUT2D eigenvalue weighted by molar-refractivity contribution is -0.124. The predicted molar refractivity (Wildman–Crippen MR) is 77.7 cm³/mol. The summed E-state index contributed by atoms with van der Waals surface area (Å²) in [6.45, 7) is 1.40. The average Bonchev–Trinajstić information content (AvgIpc) is 2.94. The third-order valence-corrected chi connectivity index (χ3v) is 4.21. The Hall–Kier alpha value is -1.49. The minimum Gasteiger partial charge on any atom is -0.358 e. The number of halogens is 3. The van der Waals surface area contributed by atoms with Crippen molar-refractivity contribution in [3.63, 3.8) is 0 Å². The lowest BCUT2D eigenvalue weighted by atomic mass is 10.0. The number of benzene rings is 1. The third kappa shape index (κ3) is 3.07. The SMILES string of the molecule is Cc1[nH]c2cc3c(cc2c1CCNCC(F)(F)F)CCC3. The van der Waals surface area contributed by atoms with E-state index in [2.05, 4.69) is 22.4 Å². The van der Waals surface area contributed by atoms with E-state index in [-0.39, 0.29) is 0 Å². The zero-order chi connectivity index (χ0) is 15.0. The van der Waals surface area contributed by atoms with E-state index < -0.39 is 12.7 Å². The molecule has 0 spiro atoms. The molecule has 0 saturated heterocycles. The quantitative estimate of drug-likeness (QED) is 0.828. The Labute approximate surface area is 121 Å². The van der Waals surface area contributed by atoms with E-state index in [1.807, 2.05) is 6.92 Å². The first-order valence-corrected chi connectivity index (χ1v) is 7.34. The van der Waals surface area contributed by atoms with Crippen molar-refractivity contribution in [1.29, 1.82) is 0 Å². The first-order valence-electron chi connectivity index (χ1n) is 7.34. The van der Waals surface area contributed by atoms with Crippen molar-refractivity contribution in [2.75, 3.05) is 13.1 Å². The molecule has 1 aromatic carbocycles. The number of H-pyrrole nitrogens is 1. The molecule has 0 bridgehead atoms. The summed E-state index contributed by atoms with van der Waals surface area (Å²) < 4.78 is 36.4. The van der Waals surface area contributed by atoms with Crippen molar-refractivity contribution in [1.82, 2.24) is 10.3 Å². The van der Waals surface area contributed by atoms with Gasteiger partial charge in [0.05, 0.1) is 6.54 Å². The maximum absolute atomic E-state index is 12.1. The second-order valence-electron chi connectivity index (χ2n) is 5.79. The molecule has 3 rings (SSSR count). The summed E-state index contributed by atoms with van der Waals surface area (Å²) in [6, 6.07) is 4.43. The van der Waals surface area contributed by atoms with Crippen LogP contribution in [-0.4, -0.2) is 24.2 Å². The predicted octanol–water partition coefficient (Wildman–Crippen LogP) is 3.66. The van der Waals surface area contributed by atoms with Gasteiger partial charge in [0.15, 0.2) is 0 Å². The van der Waals surface area contributed by atoms with Crippen LogP contribution in [-0.2, 0) is 19.3 Å². The molecule has 2 N–H and O–H groups in total. The molecule has 114 valence electrons. The van der Waals surface area contributed by atoms with Crippen LogP contribution < -0.4 is 5.32 Å². The van der Waals surface area contributed by atoms with Crippen molar-refractivity contribution in [2.24, 2.45) is 0 Å². The molecule has 5 heteroatoms. The van der Waals surface area contributed by atoms with Crippen LogP contribution in [0.3, 0.4) is 0 Å². The first kappa shape index (κ1) is 14.4. The van der Waals surface area contributed by atoms with Gasteiger partial charge in [-0.2, -0.15) is 13.2 Å². The fourth-order valence-electron chi connectivity index (χ4n) is 3.22. The average molecular weight is 296 g/mol. The van der Waals surface area contributed by atoms with Crippen molar-refractivity contribution in [3.05, 3.63) is 34.5 Å². The van der Waals surface area contributed by atoms with E-state index in [4.69, 9.17) is 0 Å². The highest BCUT2D eigenvalue weighted by Crippen LogP contribution is 2.30. The summed E-state index contributed by atoms with van der Waals surface area (Å²) in [7, 11) is 0. The molecule has 21 heavy (non-hydrogen) atoms. The molecule has 0 unspecified atom stereocenters. The maximum atomic E-state index is 12.1. The number of aryl methyl sites for hydroxylation is 3. The van der Waals surface area contributed by atoms with Crippen LogP contribution in [0.15, 0.2) is 12.1 Å². The van der Waals surface area contributed by atoms with E-state index in [9.17, 15) is 13.2 Å². The highest BCUT2D eigenvalue weighted by atomic mass is 19.4. The number of fused-ring (bicyclic) bond motifs is 2. The zero-order valence-electron chi connectivity index (χ0n) is 12.0. The molecule has 1 heterocycles. The van der Waals surface area contributed by atoms with Crippen molar-refractivity contribution < 1.29 is 13.2 Å². The molecule has 0 radical (unpaired) electrons. The second-order valence-corrected chi connectivity index (χ2v) is 5.79. The Morgan fingerprint density at radius 2 is 1.90 bits per heavy atom. The largest absolute Gasteiger partial charge is 0.401 e. The molecule has 1 aromatic heterocycles. The molecule has 1 aliphatic rings. The van der Waals surface area contributed by atoms with E-state index >= 15 is 0 Å². The lowest BCUT2D eigenvalue weighted by Crippen LogP contribution is -2.30. The van der Waals surface area contributed by atoms with Crippen molar-refractivity contribution >= 4 is 10.9 Å². The zero-order valence-corrected chi connectivity index (χ0v) is 12.0. The van der Waals surface area contributed by atoms with Crippen molar-refractivity contribution in [3.8, 4) is 0 Å². The van der Waals surface area contributed by atoms with Gasteiger partial charge in [-0.05, 0) is 68.0 Å². The number of rotatable bonds is 4. The highest BCUT2D eigenvalue weighted by Gasteiger charge is 2.26. The molecular weight excluding hydrogens is 277 g/mol. The van der Waals surface area contributed by atoms with Crippen LogP contribution in [0.5, 0.6) is 0 Å². The van der Waals surface area contributed by atoms with Crippen LogP contribution in [0.4, 0.5) is 13.2 Å². The molecule has 0 atom stereocenters. The smallest absolute Gasteiger partial charge is 0.358 e. The number of aromatic nitrogens is 1. The lowest BCUT2D eigenvalue weighted by Gasteiger charge is -2.08. The van der Waals surface area contributed by atoms with Gasteiger partial charge in [0.1, 0.15) is 0 Å². The normalized spacial score (nSPS) is 14.9. The molecule has 0 amide bonds. The van der Waals surface area contributed by atoms with E-state index in [1.54, 1.807) is 0 Å². The molecule has 2 nitrogen and oxygen atoms in total. The summed E-state index contributed by atoms with van der Waals surface area (Å²) in [4.78, 5) is 3.36. The van der Waals surface area contributed by atoms with E-state index in [0.717, 1.165) is 29.6 Å². The van der Waals surface area contributed by atoms with Gasteiger partial charge < -0.3 is 10.3 Å². The first-order chi connectivity index (χ1) is 9.94. The van der Waals surface area contributed by atoms with Crippen LogP contribution in [0.1, 0.15) is 28.8 Å². The molecule has 1 aliphatic carbocycles. The summed E-state index contributed by atoms with van der Waals surface area (Å²) in [5, 5.41) is 3.64. The summed E-state index contributed by atoms with van der Waals surface area (Å²) in [5.74, 6) is 0. The van der Waals surface area contributed by atoms with Gasteiger partial charge in [-0.25, -0.2) is 0 Å². The highest BCUT2D eigenvalue weighted by molar-refractivity contribution is 5.86. The van der Waals surface area contributed by atoms with Gasteiger partial charge >= 0.3 is 6.18 Å². The minimum absolute atomic E-state index is 0.338. The fraction of sp³-hybridized carbons (Fsp3) is 0.500. The van der Waals surface area contributed by atoms with Gasteiger partial charge in [-0.3, -0.25) is 0 Å². The van der Waals surface area contributed by atoms with Crippen LogP contribution in [0.2, 0.25) is 0 Å². The Morgan fingerprint density at radius 1 is 1.19 bits per heavy atom. The summed E-state index contributed by atoms with van der Waals surface area (Å²) >= 11 is 0. The van der Waals surface area contributed by atoms with Crippen LogP contribution in [0, 0.1) is 6.92 Å². The monoisotopic (exact) mass is 296 g/mol. The number of alkyl halides is 3. The fourth-order valence-corrected chi connectivity index (χ4v) is 3.22. The number of nitrogens with one attached hydrogen (secondary N) is 2. The topological polar surface area (TPSA) is 27.8 Å². The number of hydrogen-bond donors (Lipinski definition) is 2. The maximum Gasteiger partial charge on any atom is 0.401 e. The Balaban J connectivity index is 1.77. The van der Waals surface area contributed by atoms with Gasteiger partial charge in [-0.15, -0.1) is 0 Å². The molecule has 0 saturated carbocycles. The molecular formula is C16H19F3N2. The van der Waals surface area contributed by atoms with Gasteiger partial charge in [0, 0.05) is 16.6 Å². The third-order valence-electron chi connectivity index (χ3n) is 4.21. The van der Waals surface area contributed by atoms with Gasteiger partial charge in [-0.1, -0.05) is 0 Å². The molecule has 0 fully saturated rings.